The van der Waals surface area contributed by atoms with Crippen molar-refractivity contribution in [2.75, 3.05) is 11.5 Å². The Labute approximate surface area is 123 Å². The number of alkyl carbamates (subject to hydrolysis) is 1. The summed E-state index contributed by atoms with van der Waals surface area (Å²) in [5.41, 5.74) is -0.510. The number of thioether (sulfide) groups is 1. The van der Waals surface area contributed by atoms with Gasteiger partial charge >= 0.3 is 6.09 Å². The second kappa shape index (κ2) is 6.47. The fourth-order valence-corrected chi connectivity index (χ4v) is 3.03. The number of ether oxygens (including phenoxy) is 1. The van der Waals surface area contributed by atoms with Gasteiger partial charge in [0, 0.05) is 5.92 Å². The van der Waals surface area contributed by atoms with E-state index in [2.05, 4.69) is 15.5 Å². The Morgan fingerprint density at radius 2 is 2.15 bits per heavy atom. The van der Waals surface area contributed by atoms with E-state index in [0.29, 0.717) is 11.8 Å². The van der Waals surface area contributed by atoms with Gasteiger partial charge in [-0.05, 0) is 45.1 Å². The van der Waals surface area contributed by atoms with Crippen LogP contribution >= 0.6 is 11.8 Å². The third kappa shape index (κ3) is 4.70. The molecule has 1 aliphatic rings. The molecule has 0 unspecified atom stereocenters. The number of amides is 1. The van der Waals surface area contributed by atoms with E-state index in [1.165, 1.54) is 0 Å². The predicted molar refractivity (Wildman–Crippen MR) is 76.7 cm³/mol. The number of nitrogens with one attached hydrogen (secondary N) is 1. The van der Waals surface area contributed by atoms with Crippen LogP contribution in [0.5, 0.6) is 0 Å². The third-order valence-electron chi connectivity index (χ3n) is 2.85. The van der Waals surface area contributed by atoms with Gasteiger partial charge < -0.3 is 14.6 Å². The molecular formula is C13H21N3O3S. The molecule has 0 atom stereocenters. The number of rotatable bonds is 3. The topological polar surface area (TPSA) is 77.2 Å². The molecule has 0 aromatic carbocycles. The summed E-state index contributed by atoms with van der Waals surface area (Å²) in [6, 6.07) is 0. The quantitative estimate of drug-likeness (QED) is 0.924. The molecule has 20 heavy (non-hydrogen) atoms. The Bertz CT molecular complexity index is 450. The van der Waals surface area contributed by atoms with Crippen LogP contribution in [0.3, 0.4) is 0 Å². The van der Waals surface area contributed by atoms with Crippen LogP contribution in [0.2, 0.25) is 0 Å². The Balaban J connectivity index is 1.82. The molecule has 0 radical (unpaired) electrons. The van der Waals surface area contributed by atoms with Crippen LogP contribution in [0.25, 0.3) is 0 Å². The van der Waals surface area contributed by atoms with E-state index in [4.69, 9.17) is 9.26 Å². The molecular weight excluding hydrogens is 278 g/mol. The fourth-order valence-electron chi connectivity index (χ4n) is 1.92. The zero-order chi connectivity index (χ0) is 14.6. The van der Waals surface area contributed by atoms with Crippen LogP contribution in [-0.4, -0.2) is 33.3 Å². The van der Waals surface area contributed by atoms with Crippen LogP contribution in [-0.2, 0) is 11.3 Å². The number of aromatic nitrogens is 2. The molecule has 1 amide bonds. The zero-order valence-corrected chi connectivity index (χ0v) is 13.0. The van der Waals surface area contributed by atoms with Gasteiger partial charge in [0.1, 0.15) is 12.1 Å². The van der Waals surface area contributed by atoms with Crippen LogP contribution in [0.15, 0.2) is 4.52 Å². The molecule has 112 valence electrons. The van der Waals surface area contributed by atoms with Crippen molar-refractivity contribution < 1.29 is 14.1 Å². The first-order valence-corrected chi connectivity index (χ1v) is 7.96. The maximum absolute atomic E-state index is 11.5. The van der Waals surface area contributed by atoms with E-state index in [1.807, 2.05) is 32.5 Å². The van der Waals surface area contributed by atoms with Crippen molar-refractivity contribution in [3.8, 4) is 0 Å². The van der Waals surface area contributed by atoms with E-state index < -0.39 is 11.7 Å². The molecule has 2 rings (SSSR count). The van der Waals surface area contributed by atoms with Crippen LogP contribution in [0, 0.1) is 0 Å². The minimum Gasteiger partial charge on any atom is -0.444 e. The average Bonchev–Trinajstić information content (AvgIpc) is 2.84. The van der Waals surface area contributed by atoms with Crippen LogP contribution < -0.4 is 5.32 Å². The minimum absolute atomic E-state index is 0.198. The summed E-state index contributed by atoms with van der Waals surface area (Å²) in [6.45, 7) is 5.65. The molecule has 0 bridgehead atoms. The second-order valence-corrected chi connectivity index (χ2v) is 7.01. The predicted octanol–water partition coefficient (Wildman–Crippen LogP) is 2.70. The highest BCUT2D eigenvalue weighted by Crippen LogP contribution is 2.29. The van der Waals surface area contributed by atoms with E-state index in [-0.39, 0.29) is 6.54 Å². The largest absolute Gasteiger partial charge is 0.444 e. The van der Waals surface area contributed by atoms with Crippen molar-refractivity contribution >= 4 is 17.9 Å². The first-order chi connectivity index (χ1) is 9.44. The number of carbonyl (C=O) groups is 1. The lowest BCUT2D eigenvalue weighted by molar-refractivity contribution is 0.0518. The van der Waals surface area contributed by atoms with Crippen molar-refractivity contribution in [2.24, 2.45) is 0 Å². The van der Waals surface area contributed by atoms with Crippen molar-refractivity contribution in [3.63, 3.8) is 0 Å². The molecule has 1 aromatic heterocycles. The molecule has 0 saturated carbocycles. The molecule has 0 aliphatic carbocycles. The van der Waals surface area contributed by atoms with Gasteiger partial charge in [0.05, 0.1) is 0 Å². The highest BCUT2D eigenvalue weighted by molar-refractivity contribution is 7.99. The second-order valence-electron chi connectivity index (χ2n) is 5.79. The molecule has 1 aliphatic heterocycles. The average molecular weight is 299 g/mol. The van der Waals surface area contributed by atoms with Gasteiger partial charge in [0.25, 0.3) is 0 Å². The van der Waals surface area contributed by atoms with Crippen molar-refractivity contribution in [1.29, 1.82) is 0 Å². The SMILES string of the molecule is CC(C)(C)OC(=O)NCc1nc(C2CCSCC2)no1. The molecule has 0 spiro atoms. The van der Waals surface area contributed by atoms with Gasteiger partial charge in [-0.3, -0.25) is 0 Å². The standard InChI is InChI=1S/C13H21N3O3S/c1-13(2,3)18-12(17)14-8-10-15-11(16-19-10)9-4-6-20-7-5-9/h9H,4-8H2,1-3H3,(H,14,17). The van der Waals surface area contributed by atoms with E-state index in [9.17, 15) is 4.79 Å². The molecule has 7 heteroatoms. The fraction of sp³-hybridized carbons (Fsp3) is 0.769. The highest BCUT2D eigenvalue weighted by Gasteiger charge is 2.21. The Kier molecular flexibility index (Phi) is 4.91. The van der Waals surface area contributed by atoms with Crippen LogP contribution in [0.4, 0.5) is 4.79 Å². The van der Waals surface area contributed by atoms with Crippen molar-refractivity contribution in [3.05, 3.63) is 11.7 Å². The Hall–Kier alpha value is -1.24. The van der Waals surface area contributed by atoms with Crippen LogP contribution in [0.1, 0.15) is 51.2 Å². The summed E-state index contributed by atoms with van der Waals surface area (Å²) in [7, 11) is 0. The van der Waals surface area contributed by atoms with Gasteiger partial charge in [0.2, 0.25) is 5.89 Å². The van der Waals surface area contributed by atoms with Gasteiger partial charge in [-0.15, -0.1) is 0 Å². The zero-order valence-electron chi connectivity index (χ0n) is 12.1. The molecule has 1 saturated heterocycles. The van der Waals surface area contributed by atoms with E-state index in [1.54, 1.807) is 0 Å². The summed E-state index contributed by atoms with van der Waals surface area (Å²) in [5.74, 6) is 3.85. The summed E-state index contributed by atoms with van der Waals surface area (Å²) in [4.78, 5) is 15.9. The van der Waals surface area contributed by atoms with Gasteiger partial charge in [-0.25, -0.2) is 4.79 Å². The van der Waals surface area contributed by atoms with Crippen molar-refractivity contribution in [2.45, 2.75) is 51.7 Å². The minimum atomic E-state index is -0.510. The van der Waals surface area contributed by atoms with E-state index >= 15 is 0 Å². The maximum Gasteiger partial charge on any atom is 0.408 e. The highest BCUT2D eigenvalue weighted by atomic mass is 32.2. The van der Waals surface area contributed by atoms with Gasteiger partial charge in [-0.1, -0.05) is 5.16 Å². The summed E-state index contributed by atoms with van der Waals surface area (Å²) < 4.78 is 10.3. The third-order valence-corrected chi connectivity index (χ3v) is 3.90. The molecule has 6 nitrogen and oxygen atoms in total. The first kappa shape index (κ1) is 15.2. The first-order valence-electron chi connectivity index (χ1n) is 6.81. The lowest BCUT2D eigenvalue weighted by Gasteiger charge is -2.19. The van der Waals surface area contributed by atoms with E-state index in [0.717, 1.165) is 30.2 Å². The molecule has 1 N–H and O–H groups in total. The van der Waals surface area contributed by atoms with Crippen molar-refractivity contribution in [1.82, 2.24) is 15.5 Å². The normalized spacial score (nSPS) is 16.9. The number of nitrogens with zero attached hydrogens (tertiary/aromatic N) is 2. The molecule has 1 aromatic rings. The number of hydrogen-bond acceptors (Lipinski definition) is 6. The number of carbonyl (C=O) groups excluding carboxylic acids is 1. The van der Waals surface area contributed by atoms with Gasteiger partial charge in [0.15, 0.2) is 5.82 Å². The lowest BCUT2D eigenvalue weighted by Crippen LogP contribution is -2.32. The lowest BCUT2D eigenvalue weighted by atomic mass is 10.0. The summed E-state index contributed by atoms with van der Waals surface area (Å²) in [5, 5.41) is 6.62. The summed E-state index contributed by atoms with van der Waals surface area (Å²) >= 11 is 1.96. The Morgan fingerprint density at radius 1 is 1.45 bits per heavy atom. The maximum atomic E-state index is 11.5. The summed E-state index contributed by atoms with van der Waals surface area (Å²) in [6.07, 6.45) is 1.69. The number of hydrogen-bond donors (Lipinski definition) is 1. The van der Waals surface area contributed by atoms with Gasteiger partial charge in [-0.2, -0.15) is 16.7 Å². The molecule has 1 fully saturated rings. The molecule has 2 heterocycles. The smallest absolute Gasteiger partial charge is 0.408 e. The monoisotopic (exact) mass is 299 g/mol. The Morgan fingerprint density at radius 3 is 2.80 bits per heavy atom.